The zero-order valence-electron chi connectivity index (χ0n) is 16.5. The third-order valence-electron chi connectivity index (χ3n) is 4.36. The first kappa shape index (κ1) is 18.7. The average Bonchev–Trinajstić information content (AvgIpc) is 2.63. The van der Waals surface area contributed by atoms with Crippen LogP contribution < -0.4 is 15.4 Å². The number of ether oxygens (including phenoxy) is 1. The summed E-state index contributed by atoms with van der Waals surface area (Å²) in [5, 5.41) is 6.75. The number of para-hydroxylation sites is 1. The fourth-order valence-electron chi connectivity index (χ4n) is 2.99. The summed E-state index contributed by atoms with van der Waals surface area (Å²) in [5.41, 5.74) is 5.34. The Hall–Kier alpha value is -3.08. The van der Waals surface area contributed by atoms with Crippen molar-refractivity contribution in [1.29, 1.82) is 0 Å². The topological polar surface area (TPSA) is 59.1 Å². The van der Waals surface area contributed by atoms with Crippen molar-refractivity contribution in [3.8, 4) is 5.75 Å². The Kier molecular flexibility index (Phi) is 5.60. The summed E-state index contributed by atoms with van der Waals surface area (Å²) in [5.74, 6) is 2.52. The van der Waals surface area contributed by atoms with E-state index in [9.17, 15) is 0 Å². The Balaban J connectivity index is 1.90. The van der Waals surface area contributed by atoms with Gasteiger partial charge in [0.15, 0.2) is 0 Å². The normalized spacial score (nSPS) is 10.7. The van der Waals surface area contributed by atoms with Gasteiger partial charge in [-0.15, -0.1) is 0 Å². The summed E-state index contributed by atoms with van der Waals surface area (Å²) in [6.45, 7) is 8.46. The number of hydrogen-bond acceptors (Lipinski definition) is 5. The van der Waals surface area contributed by atoms with Crippen LogP contribution in [0, 0.1) is 13.8 Å². The number of anilines is 4. The highest BCUT2D eigenvalue weighted by Crippen LogP contribution is 2.30. The summed E-state index contributed by atoms with van der Waals surface area (Å²) in [6, 6.07) is 16.0. The van der Waals surface area contributed by atoms with Gasteiger partial charge in [-0.1, -0.05) is 38.1 Å². The number of methoxy groups -OCH3 is 1. The van der Waals surface area contributed by atoms with Crippen LogP contribution in [0.3, 0.4) is 0 Å². The lowest BCUT2D eigenvalue weighted by atomic mass is 9.98. The highest BCUT2D eigenvalue weighted by atomic mass is 16.5. The number of nitrogens with one attached hydrogen (secondary N) is 2. The van der Waals surface area contributed by atoms with E-state index in [1.165, 1.54) is 11.1 Å². The van der Waals surface area contributed by atoms with Crippen molar-refractivity contribution in [3.05, 3.63) is 65.4 Å². The third kappa shape index (κ3) is 4.56. The Morgan fingerprint density at radius 1 is 0.926 bits per heavy atom. The van der Waals surface area contributed by atoms with Crippen LogP contribution >= 0.6 is 0 Å². The molecule has 1 aromatic heterocycles. The Labute approximate surface area is 160 Å². The van der Waals surface area contributed by atoms with Crippen LogP contribution in [0.4, 0.5) is 23.1 Å². The number of nitrogens with zero attached hydrogens (tertiary/aromatic N) is 2. The summed E-state index contributed by atoms with van der Waals surface area (Å²) in [7, 11) is 1.65. The van der Waals surface area contributed by atoms with Crippen LogP contribution in [0.1, 0.15) is 36.6 Å². The van der Waals surface area contributed by atoms with Crippen molar-refractivity contribution in [3.63, 3.8) is 0 Å². The molecular formula is C22H26N4O. The van der Waals surface area contributed by atoms with E-state index in [-0.39, 0.29) is 0 Å². The molecule has 0 fully saturated rings. The highest BCUT2D eigenvalue weighted by Gasteiger charge is 2.11. The zero-order valence-corrected chi connectivity index (χ0v) is 16.5. The maximum Gasteiger partial charge on any atom is 0.229 e. The van der Waals surface area contributed by atoms with Gasteiger partial charge in [-0.2, -0.15) is 4.98 Å². The largest absolute Gasteiger partial charge is 0.497 e. The summed E-state index contributed by atoms with van der Waals surface area (Å²) in [4.78, 5) is 9.15. The molecule has 0 aliphatic carbocycles. The molecule has 0 bridgehead atoms. The van der Waals surface area contributed by atoms with E-state index >= 15 is 0 Å². The quantitative estimate of drug-likeness (QED) is 0.588. The first-order valence-electron chi connectivity index (χ1n) is 9.09. The lowest BCUT2D eigenvalue weighted by Crippen LogP contribution is -2.05. The lowest BCUT2D eigenvalue weighted by molar-refractivity contribution is 0.415. The molecule has 0 saturated heterocycles. The van der Waals surface area contributed by atoms with Gasteiger partial charge in [0.25, 0.3) is 0 Å². The van der Waals surface area contributed by atoms with E-state index in [0.717, 1.165) is 28.6 Å². The van der Waals surface area contributed by atoms with E-state index in [0.29, 0.717) is 11.9 Å². The van der Waals surface area contributed by atoms with Crippen LogP contribution in [0.2, 0.25) is 0 Å². The van der Waals surface area contributed by atoms with Crippen molar-refractivity contribution in [1.82, 2.24) is 9.97 Å². The predicted octanol–water partition coefficient (Wildman–Crippen LogP) is 5.71. The number of aromatic nitrogens is 2. The molecule has 3 rings (SSSR count). The smallest absolute Gasteiger partial charge is 0.229 e. The number of rotatable bonds is 6. The molecule has 0 saturated carbocycles. The standard InChI is InChI=1S/C22H26N4O/c1-14(2)19-11-6-8-15(3)21(19)25-20-12-16(4)23-22(26-20)24-17-9-7-10-18(13-17)27-5/h6-14H,1-5H3,(H2,23,24,25,26). The first-order chi connectivity index (χ1) is 13.0. The Bertz CT molecular complexity index is 937. The molecule has 27 heavy (non-hydrogen) atoms. The minimum Gasteiger partial charge on any atom is -0.497 e. The van der Waals surface area contributed by atoms with Gasteiger partial charge in [0.1, 0.15) is 11.6 Å². The fraction of sp³-hybridized carbons (Fsp3) is 0.273. The second kappa shape index (κ2) is 8.08. The van der Waals surface area contributed by atoms with Gasteiger partial charge in [0.05, 0.1) is 7.11 Å². The third-order valence-corrected chi connectivity index (χ3v) is 4.36. The van der Waals surface area contributed by atoms with E-state index < -0.39 is 0 Å². The van der Waals surface area contributed by atoms with Gasteiger partial charge in [-0.3, -0.25) is 0 Å². The molecule has 5 nitrogen and oxygen atoms in total. The fourth-order valence-corrected chi connectivity index (χ4v) is 2.99. The van der Waals surface area contributed by atoms with Gasteiger partial charge in [-0.05, 0) is 43.0 Å². The maximum absolute atomic E-state index is 5.27. The molecular weight excluding hydrogens is 336 g/mol. The van der Waals surface area contributed by atoms with Gasteiger partial charge in [0, 0.05) is 29.2 Å². The van der Waals surface area contributed by atoms with Crippen LogP contribution in [0.5, 0.6) is 5.75 Å². The molecule has 1 heterocycles. The van der Waals surface area contributed by atoms with Gasteiger partial charge in [-0.25, -0.2) is 4.98 Å². The monoisotopic (exact) mass is 362 g/mol. The molecule has 0 atom stereocenters. The van der Waals surface area contributed by atoms with E-state index in [1.807, 2.05) is 37.3 Å². The van der Waals surface area contributed by atoms with E-state index in [2.05, 4.69) is 59.6 Å². The summed E-state index contributed by atoms with van der Waals surface area (Å²) < 4.78 is 5.27. The first-order valence-corrected chi connectivity index (χ1v) is 9.09. The van der Waals surface area contributed by atoms with Crippen LogP contribution in [-0.4, -0.2) is 17.1 Å². The van der Waals surface area contributed by atoms with Crippen LogP contribution in [0.25, 0.3) is 0 Å². The molecule has 2 aromatic carbocycles. The predicted molar refractivity (Wildman–Crippen MR) is 112 cm³/mol. The van der Waals surface area contributed by atoms with E-state index in [1.54, 1.807) is 7.11 Å². The number of benzene rings is 2. The molecule has 2 N–H and O–H groups in total. The van der Waals surface area contributed by atoms with Crippen molar-refractivity contribution in [2.45, 2.75) is 33.6 Å². The Morgan fingerprint density at radius 3 is 2.44 bits per heavy atom. The van der Waals surface area contributed by atoms with Crippen molar-refractivity contribution in [2.75, 3.05) is 17.7 Å². The van der Waals surface area contributed by atoms with Gasteiger partial charge < -0.3 is 15.4 Å². The molecule has 5 heteroatoms. The average molecular weight is 362 g/mol. The summed E-state index contributed by atoms with van der Waals surface area (Å²) in [6.07, 6.45) is 0. The van der Waals surface area contributed by atoms with Crippen molar-refractivity contribution < 1.29 is 4.74 Å². The minimum absolute atomic E-state index is 0.421. The Morgan fingerprint density at radius 2 is 1.70 bits per heavy atom. The maximum atomic E-state index is 5.27. The van der Waals surface area contributed by atoms with Crippen molar-refractivity contribution in [2.24, 2.45) is 0 Å². The second-order valence-corrected chi connectivity index (χ2v) is 6.89. The SMILES string of the molecule is COc1cccc(Nc2nc(C)cc(Nc3c(C)cccc3C(C)C)n2)c1. The molecule has 0 unspecified atom stereocenters. The number of aryl methyl sites for hydroxylation is 2. The number of hydrogen-bond donors (Lipinski definition) is 2. The van der Waals surface area contributed by atoms with Gasteiger partial charge >= 0.3 is 0 Å². The molecule has 0 aliphatic rings. The van der Waals surface area contributed by atoms with Crippen LogP contribution in [0.15, 0.2) is 48.5 Å². The van der Waals surface area contributed by atoms with Gasteiger partial charge in [0.2, 0.25) is 5.95 Å². The molecule has 140 valence electrons. The minimum atomic E-state index is 0.421. The summed E-state index contributed by atoms with van der Waals surface area (Å²) >= 11 is 0. The van der Waals surface area contributed by atoms with Crippen molar-refractivity contribution >= 4 is 23.1 Å². The molecule has 0 radical (unpaired) electrons. The molecule has 0 spiro atoms. The molecule has 0 aliphatic heterocycles. The lowest BCUT2D eigenvalue weighted by Gasteiger charge is -2.17. The molecule has 0 amide bonds. The zero-order chi connectivity index (χ0) is 19.4. The van der Waals surface area contributed by atoms with E-state index in [4.69, 9.17) is 4.74 Å². The highest BCUT2D eigenvalue weighted by molar-refractivity contribution is 5.67. The molecule has 3 aromatic rings. The second-order valence-electron chi connectivity index (χ2n) is 6.89. The van der Waals surface area contributed by atoms with Crippen LogP contribution in [-0.2, 0) is 0 Å².